The van der Waals surface area contributed by atoms with Crippen LogP contribution in [0.1, 0.15) is 33.6 Å². The number of sulfonamides is 1. The molecule has 3 atom stereocenters. The Labute approximate surface area is 173 Å². The lowest BCUT2D eigenvalue weighted by Gasteiger charge is -2.27. The molecule has 0 unspecified atom stereocenters. The van der Waals surface area contributed by atoms with Gasteiger partial charge in [0.15, 0.2) is 0 Å². The molecule has 2 aliphatic heterocycles. The van der Waals surface area contributed by atoms with Gasteiger partial charge < -0.3 is 10.4 Å². The standard InChI is InChI=1S/C20H32N4O4S/c1-14(2)22-29(27,28)17-8-6-16(7-9-17)21-20(26)15(3)24-12-18(19(25)13-24)23-10-4-5-11-23/h6-9,14-15,18-19,22,25H,4-5,10-13H2,1-3H3,(H,21,26)/t15-,18-,19+/m0/s1. The van der Waals surface area contributed by atoms with E-state index in [0.29, 0.717) is 18.8 Å². The van der Waals surface area contributed by atoms with E-state index < -0.39 is 16.1 Å². The van der Waals surface area contributed by atoms with Crippen molar-refractivity contribution in [3.05, 3.63) is 24.3 Å². The van der Waals surface area contributed by atoms with E-state index in [2.05, 4.69) is 14.9 Å². The molecule has 0 aromatic heterocycles. The number of benzene rings is 1. The van der Waals surface area contributed by atoms with E-state index in [1.165, 1.54) is 12.1 Å². The lowest BCUT2D eigenvalue weighted by atomic mass is 10.2. The van der Waals surface area contributed by atoms with E-state index in [1.54, 1.807) is 26.0 Å². The third-order valence-electron chi connectivity index (χ3n) is 5.65. The van der Waals surface area contributed by atoms with E-state index in [-0.39, 0.29) is 28.9 Å². The number of aliphatic hydroxyl groups excluding tert-OH is 1. The monoisotopic (exact) mass is 424 g/mol. The molecule has 3 rings (SSSR count). The highest BCUT2D eigenvalue weighted by molar-refractivity contribution is 7.89. The minimum atomic E-state index is -3.56. The van der Waals surface area contributed by atoms with Crippen molar-refractivity contribution in [3.63, 3.8) is 0 Å². The quantitative estimate of drug-likeness (QED) is 0.600. The molecule has 1 aromatic carbocycles. The van der Waals surface area contributed by atoms with E-state index in [0.717, 1.165) is 25.9 Å². The van der Waals surface area contributed by atoms with Crippen molar-refractivity contribution in [1.29, 1.82) is 0 Å². The van der Waals surface area contributed by atoms with Crippen LogP contribution >= 0.6 is 0 Å². The van der Waals surface area contributed by atoms with Crippen LogP contribution in [0.25, 0.3) is 0 Å². The summed E-state index contributed by atoms with van der Waals surface area (Å²) in [5.41, 5.74) is 0.543. The van der Waals surface area contributed by atoms with Crippen molar-refractivity contribution in [2.24, 2.45) is 0 Å². The molecular weight excluding hydrogens is 392 g/mol. The summed E-state index contributed by atoms with van der Waals surface area (Å²) >= 11 is 0. The molecule has 1 amide bonds. The summed E-state index contributed by atoms with van der Waals surface area (Å²) < 4.78 is 26.9. The summed E-state index contributed by atoms with van der Waals surface area (Å²) in [6, 6.07) is 5.65. The van der Waals surface area contributed by atoms with Crippen molar-refractivity contribution < 1.29 is 18.3 Å². The molecule has 0 radical (unpaired) electrons. The van der Waals surface area contributed by atoms with Crippen LogP contribution in [-0.4, -0.2) is 79.6 Å². The maximum absolute atomic E-state index is 12.7. The Balaban J connectivity index is 1.58. The van der Waals surface area contributed by atoms with E-state index in [1.807, 2.05) is 11.8 Å². The third kappa shape index (κ3) is 5.35. The van der Waals surface area contributed by atoms with Gasteiger partial charge in [0.25, 0.3) is 0 Å². The molecule has 3 N–H and O–H groups in total. The maximum atomic E-state index is 12.7. The van der Waals surface area contributed by atoms with Crippen molar-refractivity contribution in [1.82, 2.24) is 14.5 Å². The van der Waals surface area contributed by atoms with Crippen molar-refractivity contribution in [2.45, 2.75) is 62.7 Å². The van der Waals surface area contributed by atoms with Crippen LogP contribution < -0.4 is 10.0 Å². The van der Waals surface area contributed by atoms with Gasteiger partial charge in [-0.3, -0.25) is 14.6 Å². The van der Waals surface area contributed by atoms with Gasteiger partial charge >= 0.3 is 0 Å². The molecule has 0 spiro atoms. The first-order chi connectivity index (χ1) is 13.7. The second-order valence-electron chi connectivity index (χ2n) is 8.30. The van der Waals surface area contributed by atoms with Crippen molar-refractivity contribution in [3.8, 4) is 0 Å². The van der Waals surface area contributed by atoms with Gasteiger partial charge in [-0.05, 0) is 71.0 Å². The number of amides is 1. The lowest BCUT2D eigenvalue weighted by molar-refractivity contribution is -0.120. The Kier molecular flexibility index (Phi) is 6.95. The topological polar surface area (TPSA) is 102 Å². The van der Waals surface area contributed by atoms with Crippen LogP contribution in [0.15, 0.2) is 29.2 Å². The van der Waals surface area contributed by atoms with Crippen LogP contribution in [0, 0.1) is 0 Å². The zero-order valence-electron chi connectivity index (χ0n) is 17.3. The molecule has 2 saturated heterocycles. The van der Waals surface area contributed by atoms with Crippen LogP contribution in [0.3, 0.4) is 0 Å². The van der Waals surface area contributed by atoms with Crippen LogP contribution in [0.2, 0.25) is 0 Å². The van der Waals surface area contributed by atoms with Crippen molar-refractivity contribution in [2.75, 3.05) is 31.5 Å². The molecular formula is C20H32N4O4S. The highest BCUT2D eigenvalue weighted by Crippen LogP contribution is 2.23. The first-order valence-electron chi connectivity index (χ1n) is 10.3. The fraction of sp³-hybridized carbons (Fsp3) is 0.650. The molecule has 2 heterocycles. The number of β-amino-alcohol motifs (C(OH)–C–C–N with tert-alkyl or cyclic N) is 1. The minimum Gasteiger partial charge on any atom is -0.390 e. The van der Waals surface area contributed by atoms with Crippen LogP contribution in [-0.2, 0) is 14.8 Å². The number of hydrogen-bond acceptors (Lipinski definition) is 6. The highest BCUT2D eigenvalue weighted by Gasteiger charge is 2.39. The highest BCUT2D eigenvalue weighted by atomic mass is 32.2. The van der Waals surface area contributed by atoms with E-state index in [4.69, 9.17) is 0 Å². The molecule has 0 bridgehead atoms. The number of nitrogens with zero attached hydrogens (tertiary/aromatic N) is 2. The Hall–Kier alpha value is -1.52. The summed E-state index contributed by atoms with van der Waals surface area (Å²) in [6.45, 7) is 8.53. The SMILES string of the molecule is CC(C)NS(=O)(=O)c1ccc(NC(=O)[C@H](C)N2C[C@@H](O)[C@@H](N3CCCC3)C2)cc1. The molecule has 8 nitrogen and oxygen atoms in total. The molecule has 2 fully saturated rings. The predicted octanol–water partition coefficient (Wildman–Crippen LogP) is 0.841. The summed E-state index contributed by atoms with van der Waals surface area (Å²) in [6.07, 6.45) is 1.89. The number of carbonyl (C=O) groups is 1. The molecule has 29 heavy (non-hydrogen) atoms. The number of anilines is 1. The van der Waals surface area contributed by atoms with Gasteiger partial charge in [-0.15, -0.1) is 0 Å². The zero-order chi connectivity index (χ0) is 21.2. The third-order valence-corrected chi connectivity index (χ3v) is 7.32. The number of nitrogens with one attached hydrogen (secondary N) is 2. The summed E-state index contributed by atoms with van der Waals surface area (Å²) in [4.78, 5) is 17.2. The average Bonchev–Trinajstić information content (AvgIpc) is 3.29. The van der Waals surface area contributed by atoms with Gasteiger partial charge in [-0.2, -0.15) is 0 Å². The van der Waals surface area contributed by atoms with Crippen LogP contribution in [0.4, 0.5) is 5.69 Å². The number of carbonyl (C=O) groups excluding carboxylic acids is 1. The fourth-order valence-electron chi connectivity index (χ4n) is 4.06. The maximum Gasteiger partial charge on any atom is 0.241 e. The normalized spacial score (nSPS) is 24.9. The Morgan fingerprint density at radius 2 is 1.72 bits per heavy atom. The number of likely N-dealkylation sites (tertiary alicyclic amines) is 2. The molecule has 1 aromatic rings. The van der Waals surface area contributed by atoms with Crippen LogP contribution in [0.5, 0.6) is 0 Å². The van der Waals surface area contributed by atoms with Gasteiger partial charge in [-0.1, -0.05) is 0 Å². The first kappa shape index (κ1) is 22.2. The van der Waals surface area contributed by atoms with E-state index >= 15 is 0 Å². The zero-order valence-corrected chi connectivity index (χ0v) is 18.2. The summed E-state index contributed by atoms with van der Waals surface area (Å²) in [5, 5.41) is 13.3. The van der Waals surface area contributed by atoms with Gasteiger partial charge in [0.2, 0.25) is 15.9 Å². The fourth-order valence-corrected chi connectivity index (χ4v) is 5.31. The number of aliphatic hydroxyl groups is 1. The van der Waals surface area contributed by atoms with Gasteiger partial charge in [0, 0.05) is 30.9 Å². The predicted molar refractivity (Wildman–Crippen MR) is 112 cm³/mol. The molecule has 0 aliphatic carbocycles. The molecule has 2 aliphatic rings. The second-order valence-corrected chi connectivity index (χ2v) is 10.0. The van der Waals surface area contributed by atoms with E-state index in [9.17, 15) is 18.3 Å². The Morgan fingerprint density at radius 1 is 1.10 bits per heavy atom. The second kappa shape index (κ2) is 9.09. The number of hydrogen-bond donors (Lipinski definition) is 3. The average molecular weight is 425 g/mol. The lowest BCUT2D eigenvalue weighted by Crippen LogP contribution is -2.43. The van der Waals surface area contributed by atoms with Crippen molar-refractivity contribution >= 4 is 21.6 Å². The largest absolute Gasteiger partial charge is 0.390 e. The van der Waals surface area contributed by atoms with Gasteiger partial charge in [0.1, 0.15) is 0 Å². The molecule has 9 heteroatoms. The Morgan fingerprint density at radius 3 is 2.31 bits per heavy atom. The van der Waals surface area contributed by atoms with Gasteiger partial charge in [0.05, 0.1) is 17.0 Å². The smallest absolute Gasteiger partial charge is 0.241 e. The summed E-state index contributed by atoms with van der Waals surface area (Å²) in [7, 11) is -3.56. The number of rotatable bonds is 7. The molecule has 162 valence electrons. The summed E-state index contributed by atoms with van der Waals surface area (Å²) in [5.74, 6) is -0.171. The van der Waals surface area contributed by atoms with Gasteiger partial charge in [-0.25, -0.2) is 13.1 Å². The minimum absolute atomic E-state index is 0.0886. The molecule has 0 saturated carbocycles. The first-order valence-corrected chi connectivity index (χ1v) is 11.7. The Bertz CT molecular complexity index is 806.